The molecule has 1 aromatic carbocycles. The summed E-state index contributed by atoms with van der Waals surface area (Å²) in [7, 11) is 3.11. The third-order valence-electron chi connectivity index (χ3n) is 3.04. The first-order valence-corrected chi connectivity index (χ1v) is 5.99. The summed E-state index contributed by atoms with van der Waals surface area (Å²) >= 11 is 0. The van der Waals surface area contributed by atoms with Crippen molar-refractivity contribution >= 4 is 5.91 Å². The van der Waals surface area contributed by atoms with Crippen LogP contribution in [0.2, 0.25) is 0 Å². The molecule has 1 aliphatic heterocycles. The van der Waals surface area contributed by atoms with Gasteiger partial charge in [-0.15, -0.1) is 0 Å². The lowest BCUT2D eigenvalue weighted by Gasteiger charge is -2.28. The molecule has 0 spiro atoms. The van der Waals surface area contributed by atoms with Gasteiger partial charge in [-0.1, -0.05) is 6.07 Å². The number of rotatable bonds is 3. The molecule has 0 atom stereocenters. The van der Waals surface area contributed by atoms with Gasteiger partial charge in [0.15, 0.2) is 11.5 Å². The normalized spacial score (nSPS) is 15.3. The fourth-order valence-corrected chi connectivity index (χ4v) is 2.09. The van der Waals surface area contributed by atoms with Crippen LogP contribution in [-0.2, 0) is 0 Å². The maximum atomic E-state index is 12.4. The van der Waals surface area contributed by atoms with E-state index in [1.807, 2.05) is 4.90 Å². The van der Waals surface area contributed by atoms with Crippen molar-refractivity contribution in [2.24, 2.45) is 0 Å². The topological polar surface area (TPSA) is 50.8 Å². The van der Waals surface area contributed by atoms with E-state index in [4.69, 9.17) is 9.47 Å². The van der Waals surface area contributed by atoms with Gasteiger partial charge in [0.2, 0.25) is 0 Å². The molecule has 98 valence electrons. The van der Waals surface area contributed by atoms with E-state index >= 15 is 0 Å². The lowest BCUT2D eigenvalue weighted by atomic mass is 10.1. The summed E-state index contributed by atoms with van der Waals surface area (Å²) in [6, 6.07) is 5.36. The van der Waals surface area contributed by atoms with Crippen LogP contribution in [0.25, 0.3) is 0 Å². The van der Waals surface area contributed by atoms with E-state index in [-0.39, 0.29) is 5.91 Å². The summed E-state index contributed by atoms with van der Waals surface area (Å²) in [5.41, 5.74) is 0.554. The average Bonchev–Trinajstić information content (AvgIpc) is 2.46. The number of hydrogen-bond donors (Lipinski definition) is 1. The van der Waals surface area contributed by atoms with Gasteiger partial charge in [-0.05, 0) is 12.1 Å². The van der Waals surface area contributed by atoms with E-state index in [1.54, 1.807) is 32.4 Å². The van der Waals surface area contributed by atoms with Crippen molar-refractivity contribution in [1.29, 1.82) is 0 Å². The van der Waals surface area contributed by atoms with Crippen LogP contribution in [-0.4, -0.2) is 51.2 Å². The predicted octanol–water partition coefficient (Wildman–Crippen LogP) is 0.749. The highest BCUT2D eigenvalue weighted by Gasteiger charge is 2.22. The predicted molar refractivity (Wildman–Crippen MR) is 68.3 cm³/mol. The molecule has 1 N–H and O–H groups in total. The number of nitrogens with zero attached hydrogens (tertiary/aromatic N) is 1. The SMILES string of the molecule is COc1cccc(C(=O)N2CCNCC2)c1OC. The molecule has 0 aliphatic carbocycles. The van der Waals surface area contributed by atoms with Gasteiger partial charge < -0.3 is 19.7 Å². The molecule has 0 radical (unpaired) electrons. The largest absolute Gasteiger partial charge is 0.493 e. The van der Waals surface area contributed by atoms with Crippen LogP contribution in [0.1, 0.15) is 10.4 Å². The molecule has 5 heteroatoms. The fraction of sp³-hybridized carbons (Fsp3) is 0.462. The second kappa shape index (κ2) is 5.73. The van der Waals surface area contributed by atoms with E-state index in [0.29, 0.717) is 17.1 Å². The Morgan fingerprint density at radius 2 is 1.94 bits per heavy atom. The van der Waals surface area contributed by atoms with Gasteiger partial charge in [-0.25, -0.2) is 0 Å². The molecule has 5 nitrogen and oxygen atoms in total. The summed E-state index contributed by atoms with van der Waals surface area (Å²) in [6.45, 7) is 3.11. The second-order valence-corrected chi connectivity index (χ2v) is 4.08. The lowest BCUT2D eigenvalue weighted by molar-refractivity contribution is 0.0731. The summed E-state index contributed by atoms with van der Waals surface area (Å²) in [5.74, 6) is 1.08. The zero-order valence-corrected chi connectivity index (χ0v) is 10.7. The van der Waals surface area contributed by atoms with Gasteiger partial charge in [0.1, 0.15) is 0 Å². The van der Waals surface area contributed by atoms with Crippen molar-refractivity contribution in [2.75, 3.05) is 40.4 Å². The Morgan fingerprint density at radius 1 is 1.22 bits per heavy atom. The molecule has 0 saturated carbocycles. The summed E-state index contributed by atoms with van der Waals surface area (Å²) < 4.78 is 10.5. The Balaban J connectivity index is 2.28. The summed E-state index contributed by atoms with van der Waals surface area (Å²) in [6.07, 6.45) is 0. The Hall–Kier alpha value is -1.75. The first-order chi connectivity index (χ1) is 8.77. The van der Waals surface area contributed by atoms with Crippen LogP contribution in [0, 0.1) is 0 Å². The molecule has 1 saturated heterocycles. The first kappa shape index (κ1) is 12.7. The number of benzene rings is 1. The van der Waals surface area contributed by atoms with E-state index in [0.717, 1.165) is 26.2 Å². The molecule has 0 bridgehead atoms. The molecule has 2 rings (SSSR count). The summed E-state index contributed by atoms with van der Waals surface area (Å²) in [5, 5.41) is 3.22. The number of hydrogen-bond acceptors (Lipinski definition) is 4. The van der Waals surface area contributed by atoms with Gasteiger partial charge >= 0.3 is 0 Å². The first-order valence-electron chi connectivity index (χ1n) is 5.99. The Kier molecular flexibility index (Phi) is 4.04. The molecule has 1 heterocycles. The Bertz CT molecular complexity index is 428. The molecule has 1 fully saturated rings. The zero-order valence-electron chi connectivity index (χ0n) is 10.7. The fourth-order valence-electron chi connectivity index (χ4n) is 2.09. The third-order valence-corrected chi connectivity index (χ3v) is 3.04. The molecule has 1 aromatic rings. The molecular weight excluding hydrogens is 232 g/mol. The number of carbonyl (C=O) groups is 1. The minimum atomic E-state index is -0.00718. The monoisotopic (exact) mass is 250 g/mol. The number of ether oxygens (including phenoxy) is 2. The van der Waals surface area contributed by atoms with E-state index in [1.165, 1.54) is 0 Å². The van der Waals surface area contributed by atoms with Gasteiger partial charge in [0.05, 0.1) is 19.8 Å². The van der Waals surface area contributed by atoms with Crippen molar-refractivity contribution < 1.29 is 14.3 Å². The van der Waals surface area contributed by atoms with Crippen molar-refractivity contribution in [1.82, 2.24) is 10.2 Å². The number of piperazine rings is 1. The molecular formula is C13H18N2O3. The second-order valence-electron chi connectivity index (χ2n) is 4.08. The maximum Gasteiger partial charge on any atom is 0.257 e. The Labute approximate surface area is 107 Å². The van der Waals surface area contributed by atoms with Crippen LogP contribution in [0.3, 0.4) is 0 Å². The highest BCUT2D eigenvalue weighted by Crippen LogP contribution is 2.31. The minimum Gasteiger partial charge on any atom is -0.493 e. The quantitative estimate of drug-likeness (QED) is 0.860. The lowest BCUT2D eigenvalue weighted by Crippen LogP contribution is -2.46. The van der Waals surface area contributed by atoms with Gasteiger partial charge in [0, 0.05) is 26.2 Å². The smallest absolute Gasteiger partial charge is 0.257 e. The number of amides is 1. The number of methoxy groups -OCH3 is 2. The maximum absolute atomic E-state index is 12.4. The number of carbonyl (C=O) groups excluding carboxylic acids is 1. The standard InChI is InChI=1S/C13H18N2O3/c1-17-11-5-3-4-10(12(11)18-2)13(16)15-8-6-14-7-9-15/h3-5,14H,6-9H2,1-2H3. The van der Waals surface area contributed by atoms with Gasteiger partial charge in [-0.3, -0.25) is 4.79 Å². The molecule has 1 aliphatic rings. The highest BCUT2D eigenvalue weighted by atomic mass is 16.5. The van der Waals surface area contributed by atoms with Crippen molar-refractivity contribution in [3.8, 4) is 11.5 Å². The zero-order chi connectivity index (χ0) is 13.0. The van der Waals surface area contributed by atoms with Crippen LogP contribution in [0.4, 0.5) is 0 Å². The van der Waals surface area contributed by atoms with Crippen LogP contribution < -0.4 is 14.8 Å². The molecule has 0 unspecified atom stereocenters. The molecule has 18 heavy (non-hydrogen) atoms. The van der Waals surface area contributed by atoms with Crippen LogP contribution in [0.5, 0.6) is 11.5 Å². The van der Waals surface area contributed by atoms with E-state index in [9.17, 15) is 4.79 Å². The minimum absolute atomic E-state index is 0.00718. The number of para-hydroxylation sites is 1. The average molecular weight is 250 g/mol. The molecule has 0 aromatic heterocycles. The summed E-state index contributed by atoms with van der Waals surface area (Å²) in [4.78, 5) is 14.2. The van der Waals surface area contributed by atoms with Crippen molar-refractivity contribution in [3.05, 3.63) is 23.8 Å². The van der Waals surface area contributed by atoms with Crippen LogP contribution in [0.15, 0.2) is 18.2 Å². The van der Waals surface area contributed by atoms with E-state index in [2.05, 4.69) is 5.32 Å². The van der Waals surface area contributed by atoms with Crippen molar-refractivity contribution in [2.45, 2.75) is 0 Å². The van der Waals surface area contributed by atoms with Gasteiger partial charge in [0.25, 0.3) is 5.91 Å². The third kappa shape index (κ3) is 2.41. The van der Waals surface area contributed by atoms with E-state index < -0.39 is 0 Å². The Morgan fingerprint density at radius 3 is 2.56 bits per heavy atom. The van der Waals surface area contributed by atoms with Crippen LogP contribution >= 0.6 is 0 Å². The molecule has 1 amide bonds. The highest BCUT2D eigenvalue weighted by molar-refractivity contribution is 5.97. The number of nitrogens with one attached hydrogen (secondary N) is 1. The van der Waals surface area contributed by atoms with Crippen molar-refractivity contribution in [3.63, 3.8) is 0 Å². The van der Waals surface area contributed by atoms with Gasteiger partial charge in [-0.2, -0.15) is 0 Å².